The molecule has 0 spiro atoms. The Kier molecular flexibility index (Phi) is 6.18. The van der Waals surface area contributed by atoms with Crippen LogP contribution in [0.2, 0.25) is 5.02 Å². The molecule has 3 N–H and O–H groups in total. The molecule has 0 aromatic carbocycles. The summed E-state index contributed by atoms with van der Waals surface area (Å²) in [6.45, 7) is 0.532. The van der Waals surface area contributed by atoms with Gasteiger partial charge in [0, 0.05) is 6.54 Å². The highest BCUT2D eigenvalue weighted by atomic mass is 35.5. The fraction of sp³-hybridized carbons (Fsp3) is 0.700. The lowest BCUT2D eigenvalue weighted by Gasteiger charge is -2.20. The molecule has 0 aliphatic carbocycles. The fourth-order valence-electron chi connectivity index (χ4n) is 1.55. The molecule has 1 atom stereocenters. The molecule has 5 nitrogen and oxygen atoms in total. The third-order valence-electron chi connectivity index (χ3n) is 2.56. The van der Waals surface area contributed by atoms with Crippen molar-refractivity contribution in [3.05, 3.63) is 16.9 Å². The van der Waals surface area contributed by atoms with Crippen LogP contribution in [-0.2, 0) is 11.3 Å². The minimum Gasteiger partial charge on any atom is -0.373 e. The van der Waals surface area contributed by atoms with Crippen LogP contribution in [0.3, 0.4) is 0 Å². The SMILES string of the molecule is CCn1ncc(Cl)c1C(COCC(F)(F)C(F)F)NN. The van der Waals surface area contributed by atoms with Gasteiger partial charge in [0.05, 0.1) is 29.6 Å². The number of hydrogen-bond donors (Lipinski definition) is 2. The number of nitrogens with one attached hydrogen (secondary N) is 1. The van der Waals surface area contributed by atoms with Gasteiger partial charge >= 0.3 is 12.3 Å². The van der Waals surface area contributed by atoms with Gasteiger partial charge in [0.15, 0.2) is 0 Å². The van der Waals surface area contributed by atoms with Crippen LogP contribution in [0.15, 0.2) is 6.20 Å². The van der Waals surface area contributed by atoms with Crippen LogP contribution < -0.4 is 11.3 Å². The summed E-state index contributed by atoms with van der Waals surface area (Å²) in [4.78, 5) is 0. The Morgan fingerprint density at radius 2 is 2.20 bits per heavy atom. The normalized spacial score (nSPS) is 14.0. The summed E-state index contributed by atoms with van der Waals surface area (Å²) >= 11 is 5.91. The van der Waals surface area contributed by atoms with E-state index in [0.29, 0.717) is 12.2 Å². The first kappa shape index (κ1) is 17.2. The van der Waals surface area contributed by atoms with E-state index in [9.17, 15) is 17.6 Å². The van der Waals surface area contributed by atoms with Crippen LogP contribution >= 0.6 is 11.6 Å². The van der Waals surface area contributed by atoms with E-state index in [1.54, 1.807) is 6.92 Å². The largest absolute Gasteiger partial charge is 0.373 e. The average molecular weight is 319 g/mol. The molecular weight excluding hydrogens is 304 g/mol. The summed E-state index contributed by atoms with van der Waals surface area (Å²) < 4.78 is 55.5. The van der Waals surface area contributed by atoms with Crippen LogP contribution in [0.1, 0.15) is 18.7 Å². The first-order valence-electron chi connectivity index (χ1n) is 5.74. The predicted octanol–water partition coefficient (Wildman–Crippen LogP) is 1.98. The van der Waals surface area contributed by atoms with Crippen molar-refractivity contribution in [2.75, 3.05) is 13.2 Å². The van der Waals surface area contributed by atoms with Gasteiger partial charge in [-0.05, 0) is 6.92 Å². The number of nitrogens with two attached hydrogens (primary N) is 1. The molecule has 0 aliphatic rings. The molecule has 1 aromatic heterocycles. The Hall–Kier alpha value is -0.900. The Balaban J connectivity index is 2.67. The van der Waals surface area contributed by atoms with Crippen molar-refractivity contribution in [2.24, 2.45) is 5.84 Å². The highest BCUT2D eigenvalue weighted by Crippen LogP contribution is 2.25. The zero-order chi connectivity index (χ0) is 15.3. The van der Waals surface area contributed by atoms with Gasteiger partial charge in [-0.25, -0.2) is 14.2 Å². The van der Waals surface area contributed by atoms with Gasteiger partial charge in [-0.1, -0.05) is 11.6 Å². The van der Waals surface area contributed by atoms with Gasteiger partial charge in [-0.15, -0.1) is 0 Å². The topological polar surface area (TPSA) is 65.1 Å². The second-order valence-electron chi connectivity index (χ2n) is 3.99. The van der Waals surface area contributed by atoms with E-state index in [1.165, 1.54) is 10.9 Å². The number of aromatic nitrogens is 2. The van der Waals surface area contributed by atoms with Gasteiger partial charge in [0.25, 0.3) is 0 Å². The van der Waals surface area contributed by atoms with E-state index in [0.717, 1.165) is 0 Å². The summed E-state index contributed by atoms with van der Waals surface area (Å²) in [5.41, 5.74) is 2.77. The molecule has 1 rings (SSSR count). The Morgan fingerprint density at radius 3 is 2.70 bits per heavy atom. The van der Waals surface area contributed by atoms with Crippen LogP contribution in [0.25, 0.3) is 0 Å². The maximum atomic E-state index is 12.7. The molecule has 0 radical (unpaired) electrons. The lowest BCUT2D eigenvalue weighted by Crippen LogP contribution is -2.37. The maximum absolute atomic E-state index is 12.7. The van der Waals surface area contributed by atoms with E-state index >= 15 is 0 Å². The van der Waals surface area contributed by atoms with Crippen molar-refractivity contribution >= 4 is 11.6 Å². The molecular formula is C10H15ClF4N4O. The number of nitrogens with zero attached hydrogens (tertiary/aromatic N) is 2. The summed E-state index contributed by atoms with van der Waals surface area (Å²) in [7, 11) is 0. The number of halogens is 5. The first-order chi connectivity index (χ1) is 9.33. The van der Waals surface area contributed by atoms with Crippen molar-refractivity contribution in [1.82, 2.24) is 15.2 Å². The zero-order valence-corrected chi connectivity index (χ0v) is 11.4. The number of hydrogen-bond acceptors (Lipinski definition) is 4. The van der Waals surface area contributed by atoms with Crippen LogP contribution in [-0.4, -0.2) is 35.3 Å². The molecule has 0 saturated heterocycles. The van der Waals surface area contributed by atoms with Crippen molar-refractivity contribution in [3.63, 3.8) is 0 Å². The number of rotatable bonds is 8. The van der Waals surface area contributed by atoms with Crippen molar-refractivity contribution in [1.29, 1.82) is 0 Å². The molecule has 116 valence electrons. The molecule has 0 aliphatic heterocycles. The maximum Gasteiger partial charge on any atom is 0.330 e. The molecule has 0 bridgehead atoms. The summed E-state index contributed by atoms with van der Waals surface area (Å²) in [5.74, 6) is 1.10. The van der Waals surface area contributed by atoms with E-state index in [2.05, 4.69) is 15.3 Å². The highest BCUT2D eigenvalue weighted by molar-refractivity contribution is 6.31. The fourth-order valence-corrected chi connectivity index (χ4v) is 1.83. The van der Waals surface area contributed by atoms with Crippen LogP contribution in [0.4, 0.5) is 17.6 Å². The Labute approximate surface area is 118 Å². The zero-order valence-electron chi connectivity index (χ0n) is 10.6. The molecule has 1 aromatic rings. The molecule has 1 unspecified atom stereocenters. The molecule has 10 heteroatoms. The number of aryl methyl sites for hydroxylation is 1. The number of hydrazine groups is 1. The van der Waals surface area contributed by atoms with Gasteiger partial charge in [-0.2, -0.15) is 13.9 Å². The van der Waals surface area contributed by atoms with Gasteiger partial charge in [0.1, 0.15) is 6.61 Å². The minimum atomic E-state index is -4.20. The van der Waals surface area contributed by atoms with Gasteiger partial charge in [0.2, 0.25) is 0 Å². The van der Waals surface area contributed by atoms with Crippen LogP contribution in [0.5, 0.6) is 0 Å². The predicted molar refractivity (Wildman–Crippen MR) is 64.7 cm³/mol. The van der Waals surface area contributed by atoms with E-state index < -0.39 is 25.0 Å². The van der Waals surface area contributed by atoms with E-state index in [4.69, 9.17) is 17.4 Å². The second kappa shape index (κ2) is 7.21. The monoisotopic (exact) mass is 318 g/mol. The molecule has 20 heavy (non-hydrogen) atoms. The quantitative estimate of drug-likeness (QED) is 0.437. The van der Waals surface area contributed by atoms with Crippen LogP contribution in [0, 0.1) is 0 Å². The van der Waals surface area contributed by atoms with Crippen molar-refractivity contribution in [2.45, 2.75) is 31.9 Å². The third-order valence-corrected chi connectivity index (χ3v) is 2.85. The second-order valence-corrected chi connectivity index (χ2v) is 4.40. The van der Waals surface area contributed by atoms with E-state index in [1.807, 2.05) is 0 Å². The summed E-state index contributed by atoms with van der Waals surface area (Å²) in [6, 6.07) is -0.738. The van der Waals surface area contributed by atoms with Gasteiger partial charge in [-0.3, -0.25) is 10.5 Å². The Bertz CT molecular complexity index is 429. The molecule has 1 heterocycles. The van der Waals surface area contributed by atoms with Crippen molar-refractivity contribution in [3.8, 4) is 0 Å². The first-order valence-corrected chi connectivity index (χ1v) is 6.12. The standard InChI is InChI=1S/C10H15ClF4N4O/c1-2-19-8(6(11)3-17-19)7(18-16)4-20-5-10(14,15)9(12)13/h3,7,9,18H,2,4-5,16H2,1H3. The third kappa shape index (κ3) is 4.05. The average Bonchev–Trinajstić information content (AvgIpc) is 2.76. The molecule has 0 fully saturated rings. The van der Waals surface area contributed by atoms with Crippen molar-refractivity contribution < 1.29 is 22.3 Å². The highest BCUT2D eigenvalue weighted by Gasteiger charge is 2.41. The molecule has 0 amide bonds. The Morgan fingerprint density at radius 1 is 1.55 bits per heavy atom. The molecule has 0 saturated carbocycles. The lowest BCUT2D eigenvalue weighted by atomic mass is 10.2. The summed E-state index contributed by atoms with van der Waals surface area (Å²) in [6.07, 6.45) is -2.41. The summed E-state index contributed by atoms with van der Waals surface area (Å²) in [5, 5.41) is 4.23. The lowest BCUT2D eigenvalue weighted by molar-refractivity contribution is -0.167. The van der Waals surface area contributed by atoms with E-state index in [-0.39, 0.29) is 11.6 Å². The number of ether oxygens (including phenoxy) is 1. The van der Waals surface area contributed by atoms with Gasteiger partial charge < -0.3 is 4.74 Å². The minimum absolute atomic E-state index is 0.277. The smallest absolute Gasteiger partial charge is 0.330 e. The number of alkyl halides is 4.